The van der Waals surface area contributed by atoms with Crippen molar-refractivity contribution in [2.75, 3.05) is 18.4 Å². The van der Waals surface area contributed by atoms with E-state index < -0.39 is 27.4 Å². The van der Waals surface area contributed by atoms with Crippen LogP contribution in [0.3, 0.4) is 0 Å². The standard InChI is InChI=1S/C23H17ClFN5O4S2/c24-19-5-6-20(35-19)36(33,34)29-23(32)28-15-2-4-18(17(25)12-15)30-10-7-13-11-14(21-26-8-9-27-21)1-3-16(13)22(30)31/h1-7,10-12H,8-9H2,(H,26,27)(H2,28,29,32). The number of carbonyl (C=O) groups excluding carboxylic acids is 1. The van der Waals surface area contributed by atoms with E-state index in [-0.39, 0.29) is 19.9 Å². The predicted molar refractivity (Wildman–Crippen MR) is 138 cm³/mol. The maximum absolute atomic E-state index is 15.0. The van der Waals surface area contributed by atoms with E-state index in [0.29, 0.717) is 17.3 Å². The number of carbonyl (C=O) groups is 1. The van der Waals surface area contributed by atoms with Crippen molar-refractivity contribution in [1.29, 1.82) is 0 Å². The van der Waals surface area contributed by atoms with E-state index >= 15 is 0 Å². The van der Waals surface area contributed by atoms with Crippen LogP contribution in [0.4, 0.5) is 14.9 Å². The summed E-state index contributed by atoms with van der Waals surface area (Å²) in [7, 11) is -4.13. The molecule has 2 aromatic heterocycles. The van der Waals surface area contributed by atoms with E-state index in [4.69, 9.17) is 11.6 Å². The third kappa shape index (κ3) is 4.70. The molecule has 1 aliphatic rings. The number of hydrogen-bond donors (Lipinski definition) is 3. The highest BCUT2D eigenvalue weighted by Gasteiger charge is 2.20. The minimum atomic E-state index is -4.13. The first-order valence-electron chi connectivity index (χ1n) is 10.5. The number of rotatable bonds is 5. The number of aliphatic imine (C=N–C) groups is 1. The number of nitrogens with zero attached hydrogens (tertiary/aromatic N) is 2. The SMILES string of the molecule is O=C(Nc1ccc(-n2ccc3cc(C4=NCCN4)ccc3c2=O)c(F)c1)NS(=O)(=O)c1ccc(Cl)s1. The van der Waals surface area contributed by atoms with Crippen molar-refractivity contribution in [3.05, 3.63) is 86.9 Å². The molecular formula is C23H17ClFN5O4S2. The second-order valence-electron chi connectivity index (χ2n) is 7.73. The Morgan fingerprint density at radius 2 is 1.97 bits per heavy atom. The third-order valence-electron chi connectivity index (χ3n) is 5.36. The van der Waals surface area contributed by atoms with Gasteiger partial charge in [-0.05, 0) is 53.9 Å². The lowest BCUT2D eigenvalue weighted by Gasteiger charge is -2.12. The molecule has 0 unspecified atom stereocenters. The highest BCUT2D eigenvalue weighted by molar-refractivity contribution is 7.92. The summed E-state index contributed by atoms with van der Waals surface area (Å²) < 4.78 is 42.6. The van der Waals surface area contributed by atoms with Crippen LogP contribution in [0.25, 0.3) is 16.5 Å². The zero-order valence-corrected chi connectivity index (χ0v) is 20.7. The summed E-state index contributed by atoms with van der Waals surface area (Å²) in [5.41, 5.74) is 0.413. The van der Waals surface area contributed by atoms with Gasteiger partial charge in [-0.25, -0.2) is 22.3 Å². The monoisotopic (exact) mass is 545 g/mol. The van der Waals surface area contributed by atoms with Crippen LogP contribution < -0.4 is 20.9 Å². The van der Waals surface area contributed by atoms with Crippen LogP contribution in [-0.4, -0.2) is 37.9 Å². The van der Waals surface area contributed by atoms with Crippen LogP contribution in [0.1, 0.15) is 5.56 Å². The number of aromatic nitrogens is 1. The van der Waals surface area contributed by atoms with Crippen LogP contribution in [-0.2, 0) is 10.0 Å². The van der Waals surface area contributed by atoms with Crippen LogP contribution in [0, 0.1) is 5.82 Å². The van der Waals surface area contributed by atoms with Gasteiger partial charge in [-0.1, -0.05) is 17.7 Å². The van der Waals surface area contributed by atoms with Gasteiger partial charge in [-0.3, -0.25) is 14.4 Å². The molecule has 0 saturated carbocycles. The first kappa shape index (κ1) is 24.0. The van der Waals surface area contributed by atoms with E-state index in [1.807, 2.05) is 10.8 Å². The molecule has 184 valence electrons. The summed E-state index contributed by atoms with van der Waals surface area (Å²) >= 11 is 6.53. The summed E-state index contributed by atoms with van der Waals surface area (Å²) in [4.78, 5) is 29.6. The average molecular weight is 546 g/mol. The van der Waals surface area contributed by atoms with Crippen molar-refractivity contribution in [2.45, 2.75) is 4.21 Å². The molecule has 0 fully saturated rings. The highest BCUT2D eigenvalue weighted by Crippen LogP contribution is 2.25. The molecule has 5 rings (SSSR count). The number of nitrogens with one attached hydrogen (secondary N) is 3. The number of thiophene rings is 1. The van der Waals surface area contributed by atoms with Gasteiger partial charge < -0.3 is 10.6 Å². The number of benzene rings is 2. The summed E-state index contributed by atoms with van der Waals surface area (Å²) in [6, 6.07) is 12.2. The molecule has 0 atom stereocenters. The molecule has 0 radical (unpaired) electrons. The van der Waals surface area contributed by atoms with Crippen LogP contribution >= 0.6 is 22.9 Å². The fourth-order valence-electron chi connectivity index (χ4n) is 3.73. The van der Waals surface area contributed by atoms with Gasteiger partial charge in [-0.2, -0.15) is 0 Å². The number of urea groups is 1. The van der Waals surface area contributed by atoms with Crippen molar-refractivity contribution in [1.82, 2.24) is 14.6 Å². The first-order valence-corrected chi connectivity index (χ1v) is 13.2. The topological polar surface area (TPSA) is 122 Å². The average Bonchev–Trinajstić information content (AvgIpc) is 3.52. The number of amidine groups is 1. The van der Waals surface area contributed by atoms with Crippen LogP contribution in [0.2, 0.25) is 4.34 Å². The lowest BCUT2D eigenvalue weighted by atomic mass is 10.1. The largest absolute Gasteiger partial charge is 0.368 e. The smallest absolute Gasteiger partial charge is 0.333 e. The van der Waals surface area contributed by atoms with Crippen molar-refractivity contribution >= 4 is 61.3 Å². The number of sulfonamides is 1. The van der Waals surface area contributed by atoms with E-state index in [1.165, 1.54) is 30.5 Å². The van der Waals surface area contributed by atoms with Gasteiger partial charge in [-0.15, -0.1) is 11.3 Å². The van der Waals surface area contributed by atoms with E-state index in [0.717, 1.165) is 39.9 Å². The van der Waals surface area contributed by atoms with Gasteiger partial charge in [0.1, 0.15) is 15.9 Å². The molecule has 4 aromatic rings. The molecule has 0 spiro atoms. The predicted octanol–water partition coefficient (Wildman–Crippen LogP) is 3.70. The van der Waals surface area contributed by atoms with E-state index in [1.54, 1.807) is 18.2 Å². The Balaban J connectivity index is 1.37. The molecule has 2 amide bonds. The van der Waals surface area contributed by atoms with Gasteiger partial charge in [0.2, 0.25) is 0 Å². The van der Waals surface area contributed by atoms with Crippen LogP contribution in [0.5, 0.6) is 0 Å². The minimum absolute atomic E-state index is 0.00326. The Kier molecular flexibility index (Phi) is 6.24. The summed E-state index contributed by atoms with van der Waals surface area (Å²) in [6.07, 6.45) is 1.47. The molecule has 1 aliphatic heterocycles. The van der Waals surface area contributed by atoms with Crippen molar-refractivity contribution < 1.29 is 17.6 Å². The number of amides is 2. The summed E-state index contributed by atoms with van der Waals surface area (Å²) in [6.45, 7) is 1.46. The first-order chi connectivity index (χ1) is 17.2. The maximum atomic E-state index is 15.0. The molecule has 36 heavy (non-hydrogen) atoms. The summed E-state index contributed by atoms with van der Waals surface area (Å²) in [5, 5.41) is 6.54. The molecule has 13 heteroatoms. The number of anilines is 1. The molecule has 0 aliphatic carbocycles. The Bertz CT molecular complexity index is 1720. The van der Waals surface area contributed by atoms with Gasteiger partial charge in [0.05, 0.1) is 16.6 Å². The zero-order chi connectivity index (χ0) is 25.4. The number of halogens is 2. The highest BCUT2D eigenvalue weighted by atomic mass is 35.5. The van der Waals surface area contributed by atoms with Gasteiger partial charge >= 0.3 is 6.03 Å². The van der Waals surface area contributed by atoms with Gasteiger partial charge in [0.25, 0.3) is 15.6 Å². The van der Waals surface area contributed by atoms with E-state index in [9.17, 15) is 22.4 Å². The van der Waals surface area contributed by atoms with Crippen molar-refractivity contribution in [3.63, 3.8) is 0 Å². The quantitative estimate of drug-likeness (QED) is 0.353. The van der Waals surface area contributed by atoms with Crippen molar-refractivity contribution in [2.24, 2.45) is 4.99 Å². The minimum Gasteiger partial charge on any atom is -0.368 e. The fourth-order valence-corrected chi connectivity index (χ4v) is 6.12. The molecule has 3 heterocycles. The number of hydrogen-bond acceptors (Lipinski definition) is 7. The molecule has 3 N–H and O–H groups in total. The maximum Gasteiger partial charge on any atom is 0.333 e. The number of fused-ring (bicyclic) bond motifs is 1. The molecule has 9 nitrogen and oxygen atoms in total. The lowest BCUT2D eigenvalue weighted by Crippen LogP contribution is -2.34. The Morgan fingerprint density at radius 3 is 2.67 bits per heavy atom. The zero-order valence-electron chi connectivity index (χ0n) is 18.3. The Hall–Kier alpha value is -3.74. The summed E-state index contributed by atoms with van der Waals surface area (Å²) in [5.74, 6) is -0.0190. The Labute approximate surface area is 213 Å². The van der Waals surface area contributed by atoms with E-state index in [2.05, 4.69) is 15.6 Å². The molecule has 0 saturated heterocycles. The fraction of sp³-hybridized carbons (Fsp3) is 0.0870. The molecular weight excluding hydrogens is 529 g/mol. The van der Waals surface area contributed by atoms with Crippen LogP contribution in [0.15, 0.2) is 74.8 Å². The normalized spacial score (nSPS) is 13.3. The number of pyridine rings is 1. The lowest BCUT2D eigenvalue weighted by molar-refractivity contribution is 0.256. The van der Waals surface area contributed by atoms with Gasteiger partial charge in [0, 0.05) is 29.4 Å². The second-order valence-corrected chi connectivity index (χ2v) is 11.4. The molecule has 2 aromatic carbocycles. The molecule has 0 bridgehead atoms. The second kappa shape index (κ2) is 9.37. The van der Waals surface area contributed by atoms with Crippen molar-refractivity contribution in [3.8, 4) is 5.69 Å². The Morgan fingerprint density at radius 1 is 1.14 bits per heavy atom. The third-order valence-corrected chi connectivity index (χ3v) is 8.41. The van der Waals surface area contributed by atoms with Gasteiger partial charge in [0.15, 0.2) is 0 Å².